The van der Waals surface area contributed by atoms with E-state index >= 15 is 0 Å². The topological polar surface area (TPSA) is 96.2 Å². The SMILES string of the molecule is C=CCN(C(=O)OCc1ccc([N+](=O)[O-])cc1)C1CCN([C@H]2CN(C(=O)C3CCCC3)C[C@@H]2c2ccccc2)CC1. The van der Waals surface area contributed by atoms with Gasteiger partial charge in [-0.15, -0.1) is 6.58 Å². The number of likely N-dealkylation sites (tertiary alicyclic amines) is 2. The molecular formula is C32H40N4O5. The molecule has 5 rings (SSSR count). The molecule has 1 aliphatic carbocycles. The van der Waals surface area contributed by atoms with Gasteiger partial charge in [-0.1, -0.05) is 49.2 Å². The quantitative estimate of drug-likeness (QED) is 0.233. The van der Waals surface area contributed by atoms with Crippen molar-refractivity contribution in [3.8, 4) is 0 Å². The van der Waals surface area contributed by atoms with Gasteiger partial charge < -0.3 is 14.5 Å². The van der Waals surface area contributed by atoms with Gasteiger partial charge >= 0.3 is 6.09 Å². The summed E-state index contributed by atoms with van der Waals surface area (Å²) in [5, 5.41) is 10.9. The smallest absolute Gasteiger partial charge is 0.410 e. The van der Waals surface area contributed by atoms with E-state index in [1.54, 1.807) is 23.1 Å². The highest BCUT2D eigenvalue weighted by atomic mass is 16.6. The van der Waals surface area contributed by atoms with Crippen molar-refractivity contribution in [1.29, 1.82) is 0 Å². The summed E-state index contributed by atoms with van der Waals surface area (Å²) in [4.78, 5) is 43.3. The Morgan fingerprint density at radius 1 is 1.00 bits per heavy atom. The fourth-order valence-electron chi connectivity index (χ4n) is 6.78. The standard InChI is InChI=1S/C32H40N4O5/c1-2-18-35(32(38)41-23-24-12-14-28(15-13-24)36(39)40)27-16-19-33(20-17-27)30-22-34(31(37)26-10-6-7-11-26)21-29(30)25-8-4-3-5-9-25/h2-5,8-9,12-15,26-27,29-30H,1,6-7,10-11,16-23H2/t29-,30+/m1/s1. The number of non-ortho nitro benzene ring substituents is 1. The average molecular weight is 561 g/mol. The predicted molar refractivity (Wildman–Crippen MR) is 156 cm³/mol. The zero-order valence-corrected chi connectivity index (χ0v) is 23.6. The van der Waals surface area contributed by atoms with Crippen LogP contribution in [-0.4, -0.2) is 76.4 Å². The maximum absolute atomic E-state index is 13.4. The number of amides is 2. The Bertz CT molecular complexity index is 1210. The summed E-state index contributed by atoms with van der Waals surface area (Å²) in [6.07, 6.45) is 7.28. The first-order chi connectivity index (χ1) is 19.9. The Hall–Kier alpha value is -3.72. The maximum Gasteiger partial charge on any atom is 0.410 e. The molecule has 0 radical (unpaired) electrons. The number of carbonyl (C=O) groups excluding carboxylic acids is 2. The van der Waals surface area contributed by atoms with Gasteiger partial charge in [0.1, 0.15) is 6.61 Å². The van der Waals surface area contributed by atoms with Crippen molar-refractivity contribution in [2.75, 3.05) is 32.7 Å². The Labute approximate surface area is 241 Å². The lowest BCUT2D eigenvalue weighted by Crippen LogP contribution is -2.51. The minimum absolute atomic E-state index is 0.00269. The number of hydrogen-bond acceptors (Lipinski definition) is 6. The number of nitro benzene ring substituents is 1. The second-order valence-electron chi connectivity index (χ2n) is 11.5. The van der Waals surface area contributed by atoms with Crippen molar-refractivity contribution in [2.24, 2.45) is 5.92 Å². The van der Waals surface area contributed by atoms with E-state index in [1.165, 1.54) is 17.7 Å². The molecule has 2 amide bonds. The van der Waals surface area contributed by atoms with Crippen LogP contribution in [0.5, 0.6) is 0 Å². The molecule has 0 bridgehead atoms. The van der Waals surface area contributed by atoms with E-state index < -0.39 is 11.0 Å². The summed E-state index contributed by atoms with van der Waals surface area (Å²) < 4.78 is 5.60. The van der Waals surface area contributed by atoms with Crippen LogP contribution < -0.4 is 0 Å². The lowest BCUT2D eigenvalue weighted by atomic mass is 9.91. The summed E-state index contributed by atoms with van der Waals surface area (Å²) >= 11 is 0. The van der Waals surface area contributed by atoms with Crippen LogP contribution in [0.4, 0.5) is 10.5 Å². The van der Waals surface area contributed by atoms with Gasteiger partial charge in [-0.3, -0.25) is 19.8 Å². The number of rotatable bonds is 9. The second kappa shape index (κ2) is 13.3. The Balaban J connectivity index is 1.21. The first-order valence-electron chi connectivity index (χ1n) is 14.8. The first kappa shape index (κ1) is 28.8. The molecule has 2 aromatic rings. The number of benzene rings is 2. The van der Waals surface area contributed by atoms with E-state index in [2.05, 4.69) is 40.6 Å². The summed E-state index contributed by atoms with van der Waals surface area (Å²) in [6.45, 7) is 7.49. The monoisotopic (exact) mass is 560 g/mol. The normalized spacial score (nSPS) is 22.0. The molecule has 2 heterocycles. The summed E-state index contributed by atoms with van der Waals surface area (Å²) in [7, 11) is 0. The van der Waals surface area contributed by atoms with Gasteiger partial charge in [0.2, 0.25) is 5.91 Å². The van der Waals surface area contributed by atoms with Crippen LogP contribution in [0.1, 0.15) is 55.6 Å². The van der Waals surface area contributed by atoms with E-state index in [0.29, 0.717) is 18.0 Å². The molecule has 0 unspecified atom stereocenters. The lowest BCUT2D eigenvalue weighted by Gasteiger charge is -2.41. The molecule has 3 aliphatic rings. The van der Waals surface area contributed by atoms with Gasteiger partial charge in [0.15, 0.2) is 0 Å². The van der Waals surface area contributed by atoms with E-state index in [0.717, 1.165) is 64.7 Å². The van der Waals surface area contributed by atoms with Crippen molar-refractivity contribution in [2.45, 2.75) is 63.1 Å². The number of piperidine rings is 1. The van der Waals surface area contributed by atoms with Crippen LogP contribution in [0.2, 0.25) is 0 Å². The molecule has 2 aromatic carbocycles. The highest BCUT2D eigenvalue weighted by molar-refractivity contribution is 5.79. The Morgan fingerprint density at radius 3 is 2.32 bits per heavy atom. The van der Waals surface area contributed by atoms with E-state index in [4.69, 9.17) is 4.74 Å². The van der Waals surface area contributed by atoms with Gasteiger partial charge in [-0.25, -0.2) is 4.79 Å². The molecule has 2 saturated heterocycles. The number of hydrogen-bond donors (Lipinski definition) is 0. The minimum atomic E-state index is -0.452. The van der Waals surface area contributed by atoms with E-state index in [9.17, 15) is 19.7 Å². The van der Waals surface area contributed by atoms with Gasteiger partial charge in [-0.2, -0.15) is 0 Å². The van der Waals surface area contributed by atoms with Gasteiger partial charge in [-0.05, 0) is 48.9 Å². The van der Waals surface area contributed by atoms with Crippen LogP contribution in [0.3, 0.4) is 0 Å². The van der Waals surface area contributed by atoms with E-state index in [-0.39, 0.29) is 36.2 Å². The molecule has 0 aromatic heterocycles. The zero-order chi connectivity index (χ0) is 28.8. The lowest BCUT2D eigenvalue weighted by molar-refractivity contribution is -0.384. The predicted octanol–water partition coefficient (Wildman–Crippen LogP) is 5.37. The van der Waals surface area contributed by atoms with E-state index in [1.807, 2.05) is 6.07 Å². The second-order valence-corrected chi connectivity index (χ2v) is 11.5. The van der Waals surface area contributed by atoms with Crippen LogP contribution in [0.15, 0.2) is 67.3 Å². The summed E-state index contributed by atoms with van der Waals surface area (Å²) in [6, 6.07) is 16.9. The van der Waals surface area contributed by atoms with Gasteiger partial charge in [0.05, 0.1) is 4.92 Å². The van der Waals surface area contributed by atoms with Crippen molar-refractivity contribution in [1.82, 2.24) is 14.7 Å². The molecule has 2 aliphatic heterocycles. The fraction of sp³-hybridized carbons (Fsp3) is 0.500. The Kier molecular flexibility index (Phi) is 9.34. The number of nitrogens with zero attached hydrogens (tertiary/aromatic N) is 4. The fourth-order valence-corrected chi connectivity index (χ4v) is 6.78. The Morgan fingerprint density at radius 2 is 1.68 bits per heavy atom. The van der Waals surface area contributed by atoms with Crippen molar-refractivity contribution in [3.05, 3.63) is 88.5 Å². The molecule has 41 heavy (non-hydrogen) atoms. The highest BCUT2D eigenvalue weighted by Gasteiger charge is 2.42. The van der Waals surface area contributed by atoms with Crippen molar-refractivity contribution in [3.63, 3.8) is 0 Å². The molecular weight excluding hydrogens is 520 g/mol. The molecule has 9 nitrogen and oxygen atoms in total. The third kappa shape index (κ3) is 6.78. The third-order valence-electron chi connectivity index (χ3n) is 9.01. The first-order valence-corrected chi connectivity index (χ1v) is 14.8. The van der Waals surface area contributed by atoms with Crippen molar-refractivity contribution >= 4 is 17.7 Å². The molecule has 1 saturated carbocycles. The molecule has 0 spiro atoms. The van der Waals surface area contributed by atoms with Crippen LogP contribution in [0.25, 0.3) is 0 Å². The third-order valence-corrected chi connectivity index (χ3v) is 9.01. The van der Waals surface area contributed by atoms with Crippen molar-refractivity contribution < 1.29 is 19.2 Å². The largest absolute Gasteiger partial charge is 0.445 e. The maximum atomic E-state index is 13.4. The number of nitro groups is 1. The number of ether oxygens (including phenoxy) is 1. The van der Waals surface area contributed by atoms with Crippen LogP contribution in [-0.2, 0) is 16.1 Å². The molecule has 218 valence electrons. The summed E-state index contributed by atoms with van der Waals surface area (Å²) in [5.74, 6) is 0.781. The molecule has 2 atom stereocenters. The molecule has 0 N–H and O–H groups in total. The minimum Gasteiger partial charge on any atom is -0.445 e. The molecule has 9 heteroatoms. The van der Waals surface area contributed by atoms with Crippen LogP contribution in [0, 0.1) is 16.0 Å². The van der Waals surface area contributed by atoms with Gasteiger partial charge in [0, 0.05) is 68.8 Å². The number of carbonyl (C=O) groups is 2. The highest BCUT2D eigenvalue weighted by Crippen LogP contribution is 2.36. The van der Waals surface area contributed by atoms with Crippen LogP contribution >= 0.6 is 0 Å². The van der Waals surface area contributed by atoms with Gasteiger partial charge in [0.25, 0.3) is 5.69 Å². The molecule has 3 fully saturated rings. The average Bonchev–Trinajstić information content (AvgIpc) is 3.70. The summed E-state index contributed by atoms with van der Waals surface area (Å²) in [5.41, 5.74) is 1.98. The zero-order valence-electron chi connectivity index (χ0n) is 23.6.